The van der Waals surface area contributed by atoms with Crippen LogP contribution in [0.15, 0.2) is 35.7 Å². The van der Waals surface area contributed by atoms with Crippen molar-refractivity contribution in [3.05, 3.63) is 55.0 Å². The molecule has 4 nitrogen and oxygen atoms in total. The predicted octanol–water partition coefficient (Wildman–Crippen LogP) is 3.87. The van der Waals surface area contributed by atoms with E-state index in [4.69, 9.17) is 0 Å². The molecule has 0 saturated carbocycles. The van der Waals surface area contributed by atoms with Gasteiger partial charge in [0, 0.05) is 27.2 Å². The zero-order chi connectivity index (χ0) is 12.3. The van der Waals surface area contributed by atoms with Crippen molar-refractivity contribution in [3.63, 3.8) is 0 Å². The van der Waals surface area contributed by atoms with Crippen LogP contribution in [-0.2, 0) is 6.54 Å². The van der Waals surface area contributed by atoms with Gasteiger partial charge in [-0.2, -0.15) is 0 Å². The Labute approximate surface area is 116 Å². The van der Waals surface area contributed by atoms with Crippen molar-refractivity contribution < 1.29 is 4.92 Å². The summed E-state index contributed by atoms with van der Waals surface area (Å²) in [6.45, 7) is 0.602. The SMILES string of the molecule is O=[N+]([O-])c1cc(CNc2ccc(I)cc2)cs1. The molecule has 0 spiro atoms. The van der Waals surface area contributed by atoms with Gasteiger partial charge in [0.25, 0.3) is 0 Å². The molecule has 0 unspecified atom stereocenters. The summed E-state index contributed by atoms with van der Waals surface area (Å²) in [7, 11) is 0. The fourth-order valence-electron chi connectivity index (χ4n) is 1.32. The molecule has 0 aliphatic rings. The van der Waals surface area contributed by atoms with Gasteiger partial charge in [-0.05, 0) is 52.4 Å². The molecular weight excluding hydrogens is 351 g/mol. The summed E-state index contributed by atoms with van der Waals surface area (Å²) in [6, 6.07) is 9.60. The lowest BCUT2D eigenvalue weighted by atomic mass is 10.3. The molecule has 1 aromatic carbocycles. The Morgan fingerprint density at radius 1 is 1.35 bits per heavy atom. The first kappa shape index (κ1) is 12.3. The second-order valence-corrected chi connectivity index (χ2v) is 5.55. The number of nitrogens with one attached hydrogen (secondary N) is 1. The van der Waals surface area contributed by atoms with E-state index < -0.39 is 0 Å². The van der Waals surface area contributed by atoms with Crippen LogP contribution in [0.1, 0.15) is 5.56 Å². The molecule has 2 aromatic rings. The first-order chi connectivity index (χ1) is 8.15. The van der Waals surface area contributed by atoms with E-state index in [0.717, 1.165) is 22.6 Å². The average molecular weight is 360 g/mol. The van der Waals surface area contributed by atoms with E-state index in [1.807, 2.05) is 24.3 Å². The molecule has 1 N–H and O–H groups in total. The molecule has 2 rings (SSSR count). The quantitative estimate of drug-likeness (QED) is 0.512. The molecule has 0 fully saturated rings. The van der Waals surface area contributed by atoms with Gasteiger partial charge in [0.05, 0.1) is 4.92 Å². The Morgan fingerprint density at radius 2 is 2.06 bits per heavy atom. The number of thiophene rings is 1. The van der Waals surface area contributed by atoms with E-state index in [1.165, 1.54) is 3.57 Å². The van der Waals surface area contributed by atoms with Gasteiger partial charge in [0.1, 0.15) is 0 Å². The number of rotatable bonds is 4. The van der Waals surface area contributed by atoms with E-state index in [0.29, 0.717) is 6.54 Å². The molecule has 0 aliphatic heterocycles. The van der Waals surface area contributed by atoms with Crippen LogP contribution in [0.2, 0.25) is 0 Å². The van der Waals surface area contributed by atoms with Gasteiger partial charge in [-0.25, -0.2) is 0 Å². The van der Waals surface area contributed by atoms with E-state index in [-0.39, 0.29) is 9.92 Å². The third-order valence-electron chi connectivity index (χ3n) is 2.16. The predicted molar refractivity (Wildman–Crippen MR) is 77.5 cm³/mol. The van der Waals surface area contributed by atoms with Gasteiger partial charge >= 0.3 is 5.00 Å². The smallest absolute Gasteiger partial charge is 0.324 e. The Bertz CT molecular complexity index is 525. The summed E-state index contributed by atoms with van der Waals surface area (Å²) >= 11 is 3.40. The summed E-state index contributed by atoms with van der Waals surface area (Å²) in [6.07, 6.45) is 0. The van der Waals surface area contributed by atoms with Crippen molar-refractivity contribution in [2.24, 2.45) is 0 Å². The molecule has 0 amide bonds. The molecule has 0 bridgehead atoms. The molecule has 0 aliphatic carbocycles. The second-order valence-electron chi connectivity index (χ2n) is 3.41. The fourth-order valence-corrected chi connectivity index (χ4v) is 2.41. The third-order valence-corrected chi connectivity index (χ3v) is 3.81. The topological polar surface area (TPSA) is 55.2 Å². The second kappa shape index (κ2) is 5.46. The number of nitrogens with zero attached hydrogens (tertiary/aromatic N) is 1. The minimum absolute atomic E-state index is 0.185. The zero-order valence-electron chi connectivity index (χ0n) is 8.72. The number of benzene rings is 1. The molecule has 0 atom stereocenters. The Balaban J connectivity index is 1.97. The van der Waals surface area contributed by atoms with E-state index >= 15 is 0 Å². The van der Waals surface area contributed by atoms with Crippen molar-refractivity contribution in [2.45, 2.75) is 6.54 Å². The lowest BCUT2D eigenvalue weighted by molar-refractivity contribution is -0.380. The highest BCUT2D eigenvalue weighted by Crippen LogP contribution is 2.23. The third kappa shape index (κ3) is 3.40. The van der Waals surface area contributed by atoms with Gasteiger partial charge in [-0.15, -0.1) is 0 Å². The van der Waals surface area contributed by atoms with Crippen molar-refractivity contribution >= 4 is 44.6 Å². The number of nitro groups is 1. The minimum atomic E-state index is -0.362. The van der Waals surface area contributed by atoms with E-state index in [2.05, 4.69) is 27.9 Å². The number of halogens is 1. The summed E-state index contributed by atoms with van der Waals surface area (Å²) in [5.41, 5.74) is 1.94. The highest BCUT2D eigenvalue weighted by Gasteiger charge is 2.08. The van der Waals surface area contributed by atoms with Crippen LogP contribution in [0, 0.1) is 13.7 Å². The van der Waals surface area contributed by atoms with Gasteiger partial charge in [0.15, 0.2) is 0 Å². The Morgan fingerprint density at radius 3 is 2.65 bits per heavy atom. The lowest BCUT2D eigenvalue weighted by Gasteiger charge is -2.04. The molecule has 0 radical (unpaired) electrons. The molecule has 1 heterocycles. The number of hydrogen-bond donors (Lipinski definition) is 1. The Hall–Kier alpha value is -1.15. The highest BCUT2D eigenvalue weighted by atomic mass is 127. The van der Waals surface area contributed by atoms with E-state index in [9.17, 15) is 10.1 Å². The highest BCUT2D eigenvalue weighted by molar-refractivity contribution is 14.1. The molecule has 0 saturated heterocycles. The van der Waals surface area contributed by atoms with Crippen LogP contribution in [0.25, 0.3) is 0 Å². The average Bonchev–Trinajstić information content (AvgIpc) is 2.77. The summed E-state index contributed by atoms with van der Waals surface area (Å²) in [5, 5.41) is 15.7. The number of hydrogen-bond acceptors (Lipinski definition) is 4. The zero-order valence-corrected chi connectivity index (χ0v) is 11.7. The van der Waals surface area contributed by atoms with Crippen molar-refractivity contribution in [2.75, 3.05) is 5.32 Å². The van der Waals surface area contributed by atoms with Crippen LogP contribution < -0.4 is 5.32 Å². The maximum absolute atomic E-state index is 10.5. The minimum Gasteiger partial charge on any atom is -0.381 e. The fraction of sp³-hybridized carbons (Fsp3) is 0.0909. The van der Waals surface area contributed by atoms with Gasteiger partial charge in [-0.3, -0.25) is 10.1 Å². The molecule has 1 aromatic heterocycles. The van der Waals surface area contributed by atoms with Crippen LogP contribution in [0.4, 0.5) is 10.7 Å². The monoisotopic (exact) mass is 360 g/mol. The first-order valence-corrected chi connectivity index (χ1v) is 6.82. The molecule has 17 heavy (non-hydrogen) atoms. The first-order valence-electron chi connectivity index (χ1n) is 4.86. The maximum Gasteiger partial charge on any atom is 0.324 e. The van der Waals surface area contributed by atoms with Crippen molar-refractivity contribution in [1.29, 1.82) is 0 Å². The lowest BCUT2D eigenvalue weighted by Crippen LogP contribution is -1.97. The summed E-state index contributed by atoms with van der Waals surface area (Å²) < 4.78 is 1.18. The van der Waals surface area contributed by atoms with Crippen LogP contribution >= 0.6 is 33.9 Å². The van der Waals surface area contributed by atoms with Gasteiger partial charge < -0.3 is 5.32 Å². The van der Waals surface area contributed by atoms with Crippen molar-refractivity contribution in [1.82, 2.24) is 0 Å². The normalized spacial score (nSPS) is 10.2. The molecule has 88 valence electrons. The molecule has 6 heteroatoms. The Kier molecular flexibility index (Phi) is 3.95. The van der Waals surface area contributed by atoms with E-state index in [1.54, 1.807) is 11.4 Å². The largest absolute Gasteiger partial charge is 0.381 e. The van der Waals surface area contributed by atoms with Crippen LogP contribution in [0.5, 0.6) is 0 Å². The van der Waals surface area contributed by atoms with Crippen molar-refractivity contribution in [3.8, 4) is 0 Å². The van der Waals surface area contributed by atoms with Gasteiger partial charge in [0.2, 0.25) is 0 Å². The maximum atomic E-state index is 10.5. The summed E-state index contributed by atoms with van der Waals surface area (Å²) in [5.74, 6) is 0. The van der Waals surface area contributed by atoms with Crippen LogP contribution in [-0.4, -0.2) is 4.92 Å². The molecular formula is C11H9IN2O2S. The van der Waals surface area contributed by atoms with Crippen LogP contribution in [0.3, 0.4) is 0 Å². The van der Waals surface area contributed by atoms with Gasteiger partial charge in [-0.1, -0.05) is 11.3 Å². The number of anilines is 1. The summed E-state index contributed by atoms with van der Waals surface area (Å²) in [4.78, 5) is 10.2. The standard InChI is InChI=1S/C11H9IN2O2S/c12-9-1-3-10(4-2-9)13-6-8-5-11(14(15)16)17-7-8/h1-5,7,13H,6H2.